The van der Waals surface area contributed by atoms with Crippen molar-refractivity contribution in [3.05, 3.63) is 52.8 Å². The second-order valence-corrected chi connectivity index (χ2v) is 5.23. The maximum absolute atomic E-state index is 6.38. The Morgan fingerprint density at radius 1 is 1.21 bits per heavy atom. The van der Waals surface area contributed by atoms with Gasteiger partial charge in [-0.1, -0.05) is 31.2 Å². The van der Waals surface area contributed by atoms with Crippen LogP contribution in [-0.2, 0) is 6.42 Å². The van der Waals surface area contributed by atoms with Crippen LogP contribution in [0.4, 0.5) is 0 Å². The number of aryl methyl sites for hydroxylation is 3. The molecule has 0 radical (unpaired) electrons. The van der Waals surface area contributed by atoms with E-state index in [4.69, 9.17) is 5.73 Å². The average molecular weight is 257 g/mol. The SMILES string of the molecule is CCc1ccc(C(N)C(C)n2nc(C)cc2C)cc1. The summed E-state index contributed by atoms with van der Waals surface area (Å²) in [5.74, 6) is 0. The molecule has 0 bridgehead atoms. The molecule has 0 aliphatic carbocycles. The molecule has 2 atom stereocenters. The predicted octanol–water partition coefficient (Wildman–Crippen LogP) is 3.32. The lowest BCUT2D eigenvalue weighted by Gasteiger charge is -2.22. The molecule has 0 saturated heterocycles. The lowest BCUT2D eigenvalue weighted by atomic mass is 9.99. The van der Waals surface area contributed by atoms with Gasteiger partial charge in [0.25, 0.3) is 0 Å². The van der Waals surface area contributed by atoms with Crippen molar-refractivity contribution in [2.75, 3.05) is 0 Å². The first-order chi connectivity index (χ1) is 9.02. The van der Waals surface area contributed by atoms with Crippen LogP contribution >= 0.6 is 0 Å². The van der Waals surface area contributed by atoms with E-state index in [1.165, 1.54) is 5.56 Å². The van der Waals surface area contributed by atoms with Crippen LogP contribution in [0.3, 0.4) is 0 Å². The highest BCUT2D eigenvalue weighted by Crippen LogP contribution is 2.25. The molecule has 0 aliphatic rings. The Balaban J connectivity index is 2.22. The van der Waals surface area contributed by atoms with Crippen LogP contribution in [-0.4, -0.2) is 9.78 Å². The van der Waals surface area contributed by atoms with Gasteiger partial charge < -0.3 is 5.73 Å². The molecule has 19 heavy (non-hydrogen) atoms. The van der Waals surface area contributed by atoms with Crippen LogP contribution in [0.25, 0.3) is 0 Å². The molecule has 0 aliphatic heterocycles. The minimum absolute atomic E-state index is 0.0380. The summed E-state index contributed by atoms with van der Waals surface area (Å²) in [5.41, 5.74) is 11.1. The van der Waals surface area contributed by atoms with Crippen molar-refractivity contribution < 1.29 is 0 Å². The van der Waals surface area contributed by atoms with Gasteiger partial charge in [0.1, 0.15) is 0 Å². The summed E-state index contributed by atoms with van der Waals surface area (Å²) in [6, 6.07) is 10.8. The summed E-state index contributed by atoms with van der Waals surface area (Å²) in [6.07, 6.45) is 1.06. The molecule has 102 valence electrons. The first-order valence-corrected chi connectivity index (χ1v) is 6.90. The highest BCUT2D eigenvalue weighted by molar-refractivity contribution is 5.25. The van der Waals surface area contributed by atoms with Gasteiger partial charge in [-0.05, 0) is 44.4 Å². The number of hydrogen-bond donors (Lipinski definition) is 1. The van der Waals surface area contributed by atoms with Crippen molar-refractivity contribution in [3.63, 3.8) is 0 Å². The maximum atomic E-state index is 6.38. The average Bonchev–Trinajstić information content (AvgIpc) is 2.76. The standard InChI is InChI=1S/C16H23N3/c1-5-14-6-8-15(9-7-14)16(17)13(4)19-12(3)10-11(2)18-19/h6-10,13,16H,5,17H2,1-4H3. The van der Waals surface area contributed by atoms with E-state index in [0.717, 1.165) is 23.4 Å². The summed E-state index contributed by atoms with van der Waals surface area (Å²) < 4.78 is 2.02. The van der Waals surface area contributed by atoms with Gasteiger partial charge in [0, 0.05) is 5.69 Å². The highest BCUT2D eigenvalue weighted by Gasteiger charge is 2.18. The van der Waals surface area contributed by atoms with Gasteiger partial charge in [-0.25, -0.2) is 0 Å². The summed E-state index contributed by atoms with van der Waals surface area (Å²) >= 11 is 0. The third kappa shape index (κ3) is 2.87. The topological polar surface area (TPSA) is 43.8 Å². The fourth-order valence-corrected chi connectivity index (χ4v) is 2.46. The maximum Gasteiger partial charge on any atom is 0.0686 e. The van der Waals surface area contributed by atoms with Crippen LogP contribution in [0.1, 0.15) is 48.4 Å². The molecule has 2 unspecified atom stereocenters. The molecular weight excluding hydrogens is 234 g/mol. The van der Waals surface area contributed by atoms with Crippen LogP contribution in [0.2, 0.25) is 0 Å². The van der Waals surface area contributed by atoms with E-state index < -0.39 is 0 Å². The lowest BCUT2D eigenvalue weighted by molar-refractivity contribution is 0.405. The van der Waals surface area contributed by atoms with Crippen LogP contribution < -0.4 is 5.73 Å². The second kappa shape index (κ2) is 5.57. The molecule has 1 aromatic heterocycles. The van der Waals surface area contributed by atoms with Gasteiger partial charge in [0.2, 0.25) is 0 Å². The fraction of sp³-hybridized carbons (Fsp3) is 0.438. The summed E-state index contributed by atoms with van der Waals surface area (Å²) in [5, 5.41) is 4.53. The first-order valence-electron chi connectivity index (χ1n) is 6.90. The van der Waals surface area contributed by atoms with E-state index in [1.54, 1.807) is 0 Å². The summed E-state index contributed by atoms with van der Waals surface area (Å²) in [7, 11) is 0. The second-order valence-electron chi connectivity index (χ2n) is 5.23. The van der Waals surface area contributed by atoms with Crippen molar-refractivity contribution in [3.8, 4) is 0 Å². The van der Waals surface area contributed by atoms with Crippen LogP contribution in [0.15, 0.2) is 30.3 Å². The molecule has 0 saturated carbocycles. The Morgan fingerprint density at radius 3 is 2.32 bits per heavy atom. The Labute approximate surface area is 115 Å². The number of aromatic nitrogens is 2. The third-order valence-electron chi connectivity index (χ3n) is 3.72. The number of nitrogens with zero attached hydrogens (tertiary/aromatic N) is 2. The smallest absolute Gasteiger partial charge is 0.0686 e. The molecule has 0 spiro atoms. The molecule has 3 nitrogen and oxygen atoms in total. The van der Waals surface area contributed by atoms with E-state index in [1.807, 2.05) is 11.6 Å². The van der Waals surface area contributed by atoms with E-state index >= 15 is 0 Å². The minimum atomic E-state index is -0.0380. The zero-order chi connectivity index (χ0) is 14.0. The van der Waals surface area contributed by atoms with E-state index in [2.05, 4.69) is 56.2 Å². The Bertz CT molecular complexity index is 540. The van der Waals surface area contributed by atoms with Crippen LogP contribution in [0, 0.1) is 13.8 Å². The van der Waals surface area contributed by atoms with Crippen molar-refractivity contribution in [1.82, 2.24) is 9.78 Å². The van der Waals surface area contributed by atoms with Crippen molar-refractivity contribution >= 4 is 0 Å². The van der Waals surface area contributed by atoms with Gasteiger partial charge >= 0.3 is 0 Å². The predicted molar refractivity (Wildman–Crippen MR) is 79.2 cm³/mol. The summed E-state index contributed by atoms with van der Waals surface area (Å²) in [6.45, 7) is 8.37. The molecular formula is C16H23N3. The van der Waals surface area contributed by atoms with Gasteiger partial charge in [0.05, 0.1) is 17.8 Å². The molecule has 1 heterocycles. The Morgan fingerprint density at radius 2 is 1.84 bits per heavy atom. The number of hydrogen-bond acceptors (Lipinski definition) is 2. The molecule has 2 N–H and O–H groups in total. The zero-order valence-electron chi connectivity index (χ0n) is 12.2. The largest absolute Gasteiger partial charge is 0.322 e. The molecule has 2 rings (SSSR count). The van der Waals surface area contributed by atoms with Crippen molar-refractivity contribution in [2.24, 2.45) is 5.73 Å². The number of nitrogens with two attached hydrogens (primary N) is 1. The molecule has 0 fully saturated rings. The minimum Gasteiger partial charge on any atom is -0.322 e. The van der Waals surface area contributed by atoms with Gasteiger partial charge in [-0.15, -0.1) is 0 Å². The van der Waals surface area contributed by atoms with Crippen molar-refractivity contribution in [2.45, 2.75) is 46.2 Å². The number of rotatable bonds is 4. The first kappa shape index (κ1) is 13.8. The molecule has 3 heteroatoms. The number of benzene rings is 1. The molecule has 0 amide bonds. The third-order valence-corrected chi connectivity index (χ3v) is 3.72. The zero-order valence-corrected chi connectivity index (χ0v) is 12.2. The van der Waals surface area contributed by atoms with Gasteiger partial charge in [0.15, 0.2) is 0 Å². The lowest BCUT2D eigenvalue weighted by Crippen LogP contribution is -2.24. The van der Waals surface area contributed by atoms with Crippen LogP contribution in [0.5, 0.6) is 0 Å². The van der Waals surface area contributed by atoms with Crippen molar-refractivity contribution in [1.29, 1.82) is 0 Å². The van der Waals surface area contributed by atoms with E-state index in [-0.39, 0.29) is 12.1 Å². The van der Waals surface area contributed by atoms with Gasteiger partial charge in [-0.2, -0.15) is 5.10 Å². The van der Waals surface area contributed by atoms with Gasteiger partial charge in [-0.3, -0.25) is 4.68 Å². The fourth-order valence-electron chi connectivity index (χ4n) is 2.46. The Kier molecular flexibility index (Phi) is 4.05. The van der Waals surface area contributed by atoms with E-state index in [0.29, 0.717) is 0 Å². The van der Waals surface area contributed by atoms with E-state index in [9.17, 15) is 0 Å². The molecule has 2 aromatic rings. The quantitative estimate of drug-likeness (QED) is 0.913. The highest BCUT2D eigenvalue weighted by atomic mass is 15.3. The normalized spacial score (nSPS) is 14.4. The molecule has 1 aromatic carbocycles. The summed E-state index contributed by atoms with van der Waals surface area (Å²) in [4.78, 5) is 0. The monoisotopic (exact) mass is 257 g/mol. The Hall–Kier alpha value is -1.61.